The number of rotatable bonds is 10. The Labute approximate surface area is 117 Å². The van der Waals surface area contributed by atoms with Crippen LogP contribution in [0.2, 0.25) is 0 Å². The number of unbranched alkanes of at least 4 members (excludes halogenated alkanes) is 3. The third-order valence-electron chi connectivity index (χ3n) is 3.44. The van der Waals surface area contributed by atoms with E-state index in [1.54, 1.807) is 0 Å². The molecule has 0 spiro atoms. The van der Waals surface area contributed by atoms with Crippen molar-refractivity contribution in [1.82, 2.24) is 9.97 Å². The molecule has 0 aliphatic heterocycles. The number of ether oxygens (including phenoxy) is 1. The summed E-state index contributed by atoms with van der Waals surface area (Å²) in [7, 11) is 0. The Kier molecular flexibility index (Phi) is 8.19. The van der Waals surface area contributed by atoms with Gasteiger partial charge in [-0.25, -0.2) is 9.97 Å². The first-order valence-corrected chi connectivity index (χ1v) is 7.76. The summed E-state index contributed by atoms with van der Waals surface area (Å²) in [6, 6.07) is 0.493. The van der Waals surface area contributed by atoms with Crippen molar-refractivity contribution in [2.24, 2.45) is 0 Å². The second kappa shape index (κ2) is 9.76. The van der Waals surface area contributed by atoms with Crippen molar-refractivity contribution >= 4 is 0 Å². The van der Waals surface area contributed by atoms with Gasteiger partial charge in [0, 0.05) is 12.4 Å². The van der Waals surface area contributed by atoms with E-state index in [1.807, 2.05) is 19.3 Å². The van der Waals surface area contributed by atoms with Crippen molar-refractivity contribution < 1.29 is 4.74 Å². The van der Waals surface area contributed by atoms with Gasteiger partial charge in [0.15, 0.2) is 0 Å². The predicted octanol–water partition coefficient (Wildman–Crippen LogP) is 4.73. The Morgan fingerprint density at radius 1 is 0.947 bits per heavy atom. The fourth-order valence-electron chi connectivity index (χ4n) is 2.38. The van der Waals surface area contributed by atoms with E-state index in [1.165, 1.54) is 50.5 Å². The Bertz CT molecular complexity index is 324. The fourth-order valence-corrected chi connectivity index (χ4v) is 2.38. The monoisotopic (exact) mass is 264 g/mol. The van der Waals surface area contributed by atoms with Crippen LogP contribution in [0.5, 0.6) is 6.01 Å². The number of hydrogen-bond donors (Lipinski definition) is 0. The van der Waals surface area contributed by atoms with Gasteiger partial charge in [-0.1, -0.05) is 46.0 Å². The molecule has 3 nitrogen and oxygen atoms in total. The molecule has 1 aromatic rings. The van der Waals surface area contributed by atoms with Gasteiger partial charge in [-0.2, -0.15) is 0 Å². The van der Waals surface area contributed by atoms with Crippen LogP contribution >= 0.6 is 0 Å². The molecule has 1 rings (SSSR count). The maximum atomic E-state index is 5.29. The predicted molar refractivity (Wildman–Crippen MR) is 79.6 cm³/mol. The van der Waals surface area contributed by atoms with Gasteiger partial charge < -0.3 is 4.74 Å². The fraction of sp³-hybridized carbons (Fsp3) is 0.750. The zero-order chi connectivity index (χ0) is 13.9. The molecule has 0 aliphatic rings. The van der Waals surface area contributed by atoms with Crippen molar-refractivity contribution in [3.63, 3.8) is 0 Å². The minimum absolute atomic E-state index is 0.493. The summed E-state index contributed by atoms with van der Waals surface area (Å²) in [6.07, 6.45) is 12.9. The van der Waals surface area contributed by atoms with Crippen molar-refractivity contribution in [2.45, 2.75) is 71.6 Å². The molecular weight excluding hydrogens is 236 g/mol. The maximum Gasteiger partial charge on any atom is 0.316 e. The highest BCUT2D eigenvalue weighted by atomic mass is 16.5. The molecule has 0 saturated carbocycles. The molecule has 0 aliphatic carbocycles. The van der Waals surface area contributed by atoms with Crippen LogP contribution in [0.4, 0.5) is 0 Å². The van der Waals surface area contributed by atoms with Crippen LogP contribution in [0, 0.1) is 0 Å². The zero-order valence-corrected chi connectivity index (χ0v) is 12.7. The van der Waals surface area contributed by atoms with E-state index in [-0.39, 0.29) is 0 Å². The smallest absolute Gasteiger partial charge is 0.316 e. The van der Waals surface area contributed by atoms with Crippen LogP contribution in [-0.4, -0.2) is 16.6 Å². The summed E-state index contributed by atoms with van der Waals surface area (Å²) >= 11 is 0. The summed E-state index contributed by atoms with van der Waals surface area (Å²) in [6.45, 7) is 7.07. The van der Waals surface area contributed by atoms with E-state index in [0.717, 1.165) is 0 Å². The largest absolute Gasteiger partial charge is 0.464 e. The second-order valence-electron chi connectivity index (χ2n) is 5.07. The molecular formula is C16H28N2O. The highest BCUT2D eigenvalue weighted by Gasteiger charge is 2.11. The van der Waals surface area contributed by atoms with E-state index in [0.29, 0.717) is 18.5 Å². The third-order valence-corrected chi connectivity index (χ3v) is 3.44. The van der Waals surface area contributed by atoms with Gasteiger partial charge >= 0.3 is 6.01 Å². The second-order valence-corrected chi connectivity index (χ2v) is 5.07. The SMILES string of the molecule is CCCCCCC(CCC)c1cnc(OCC)nc1. The highest BCUT2D eigenvalue weighted by molar-refractivity contribution is 5.13. The van der Waals surface area contributed by atoms with Crippen LogP contribution in [0.15, 0.2) is 12.4 Å². The van der Waals surface area contributed by atoms with Gasteiger partial charge in [-0.3, -0.25) is 0 Å². The molecule has 1 unspecified atom stereocenters. The van der Waals surface area contributed by atoms with Crippen molar-refractivity contribution in [2.75, 3.05) is 6.61 Å². The Hall–Kier alpha value is -1.12. The van der Waals surface area contributed by atoms with Crippen LogP contribution < -0.4 is 4.74 Å². The lowest BCUT2D eigenvalue weighted by Crippen LogP contribution is -2.03. The maximum absolute atomic E-state index is 5.29. The summed E-state index contributed by atoms with van der Waals surface area (Å²) in [5.74, 6) is 0.609. The first kappa shape index (κ1) is 15.9. The summed E-state index contributed by atoms with van der Waals surface area (Å²) < 4.78 is 5.29. The topological polar surface area (TPSA) is 35.0 Å². The van der Waals surface area contributed by atoms with Gasteiger partial charge in [0.05, 0.1) is 6.61 Å². The molecule has 0 aromatic carbocycles. The lowest BCUT2D eigenvalue weighted by molar-refractivity contribution is 0.311. The lowest BCUT2D eigenvalue weighted by Gasteiger charge is -2.16. The molecule has 0 N–H and O–H groups in total. The summed E-state index contributed by atoms with van der Waals surface area (Å²) in [5, 5.41) is 0. The number of hydrogen-bond acceptors (Lipinski definition) is 3. The van der Waals surface area contributed by atoms with E-state index in [4.69, 9.17) is 4.74 Å². The Balaban J connectivity index is 2.53. The van der Waals surface area contributed by atoms with E-state index in [9.17, 15) is 0 Å². The van der Waals surface area contributed by atoms with Gasteiger partial charge in [0.2, 0.25) is 0 Å². The first-order valence-electron chi connectivity index (χ1n) is 7.76. The highest BCUT2D eigenvalue weighted by Crippen LogP contribution is 2.27. The molecule has 0 fully saturated rings. The Morgan fingerprint density at radius 3 is 2.26 bits per heavy atom. The van der Waals surface area contributed by atoms with Gasteiger partial charge in [0.1, 0.15) is 0 Å². The molecule has 0 amide bonds. The van der Waals surface area contributed by atoms with Gasteiger partial charge in [-0.15, -0.1) is 0 Å². The average Bonchev–Trinajstić information content (AvgIpc) is 2.44. The van der Waals surface area contributed by atoms with Crippen LogP contribution in [0.3, 0.4) is 0 Å². The molecule has 108 valence electrons. The minimum atomic E-state index is 0.493. The number of nitrogens with zero attached hydrogens (tertiary/aromatic N) is 2. The molecule has 0 saturated heterocycles. The van der Waals surface area contributed by atoms with E-state index >= 15 is 0 Å². The van der Waals surface area contributed by atoms with Crippen LogP contribution in [0.25, 0.3) is 0 Å². The molecule has 1 heterocycles. The van der Waals surface area contributed by atoms with Crippen molar-refractivity contribution in [1.29, 1.82) is 0 Å². The zero-order valence-electron chi connectivity index (χ0n) is 12.7. The molecule has 0 radical (unpaired) electrons. The van der Waals surface area contributed by atoms with Crippen LogP contribution in [-0.2, 0) is 0 Å². The van der Waals surface area contributed by atoms with Crippen molar-refractivity contribution in [3.05, 3.63) is 18.0 Å². The molecule has 3 heteroatoms. The quantitative estimate of drug-likeness (QED) is 0.573. The molecule has 0 bridgehead atoms. The summed E-state index contributed by atoms with van der Waals surface area (Å²) in [5.41, 5.74) is 1.27. The minimum Gasteiger partial charge on any atom is -0.464 e. The van der Waals surface area contributed by atoms with Crippen molar-refractivity contribution in [3.8, 4) is 6.01 Å². The van der Waals surface area contributed by atoms with Gasteiger partial charge in [-0.05, 0) is 31.2 Å². The lowest BCUT2D eigenvalue weighted by atomic mass is 9.91. The Morgan fingerprint density at radius 2 is 1.68 bits per heavy atom. The first-order chi connectivity index (χ1) is 9.31. The van der Waals surface area contributed by atoms with E-state index < -0.39 is 0 Å². The van der Waals surface area contributed by atoms with E-state index in [2.05, 4.69) is 23.8 Å². The average molecular weight is 264 g/mol. The third kappa shape index (κ3) is 6.04. The molecule has 19 heavy (non-hydrogen) atoms. The number of aromatic nitrogens is 2. The normalized spacial score (nSPS) is 12.4. The van der Waals surface area contributed by atoms with Crippen LogP contribution in [0.1, 0.15) is 77.2 Å². The van der Waals surface area contributed by atoms with Gasteiger partial charge in [0.25, 0.3) is 0 Å². The summed E-state index contributed by atoms with van der Waals surface area (Å²) in [4.78, 5) is 8.57. The molecule has 1 aromatic heterocycles. The standard InChI is InChI=1S/C16H28N2O/c1-4-7-8-9-11-14(10-5-2)15-12-17-16(18-13-15)19-6-3/h12-14H,4-11H2,1-3H3. The molecule has 1 atom stereocenters.